The summed E-state index contributed by atoms with van der Waals surface area (Å²) < 4.78 is 1.11. The zero-order valence-corrected chi connectivity index (χ0v) is 13.9. The van der Waals surface area contributed by atoms with Crippen LogP contribution in [0.1, 0.15) is 20.8 Å². The highest BCUT2D eigenvalue weighted by atomic mass is 32.1. The van der Waals surface area contributed by atoms with E-state index in [0.717, 1.165) is 26.1 Å². The van der Waals surface area contributed by atoms with Gasteiger partial charge in [-0.2, -0.15) is 0 Å². The Morgan fingerprint density at radius 2 is 1.79 bits per heavy atom. The van der Waals surface area contributed by atoms with Gasteiger partial charge < -0.3 is 16.4 Å². The molecule has 3 aromatic rings. The van der Waals surface area contributed by atoms with Gasteiger partial charge in [0.2, 0.25) is 0 Å². The van der Waals surface area contributed by atoms with Gasteiger partial charge in [0.05, 0.1) is 4.88 Å². The van der Waals surface area contributed by atoms with Crippen molar-refractivity contribution < 1.29 is 9.59 Å². The number of benzene rings is 2. The number of nitrogens with one attached hydrogen (secondary N) is 2. The number of primary amides is 1. The van der Waals surface area contributed by atoms with E-state index in [0.29, 0.717) is 12.2 Å². The van der Waals surface area contributed by atoms with Gasteiger partial charge in [0.1, 0.15) is 0 Å². The monoisotopic (exact) mass is 339 g/mol. The molecule has 0 bridgehead atoms. The van der Waals surface area contributed by atoms with Crippen molar-refractivity contribution in [3.8, 4) is 0 Å². The van der Waals surface area contributed by atoms with Crippen LogP contribution in [0.5, 0.6) is 0 Å². The first-order chi connectivity index (χ1) is 11.5. The molecule has 6 heteroatoms. The van der Waals surface area contributed by atoms with Crippen LogP contribution in [0.2, 0.25) is 0 Å². The van der Waals surface area contributed by atoms with Gasteiger partial charge in [-0.3, -0.25) is 4.79 Å². The molecule has 0 fully saturated rings. The van der Waals surface area contributed by atoms with Gasteiger partial charge >= 0.3 is 6.03 Å². The van der Waals surface area contributed by atoms with E-state index in [1.807, 2.05) is 43.3 Å². The van der Waals surface area contributed by atoms with Crippen molar-refractivity contribution in [2.75, 3.05) is 5.32 Å². The van der Waals surface area contributed by atoms with Crippen molar-refractivity contribution in [3.05, 3.63) is 64.5 Å². The summed E-state index contributed by atoms with van der Waals surface area (Å²) in [6, 6.07) is 14.6. The van der Waals surface area contributed by atoms with Crippen LogP contribution in [-0.4, -0.2) is 11.9 Å². The van der Waals surface area contributed by atoms with E-state index >= 15 is 0 Å². The molecule has 5 nitrogen and oxygen atoms in total. The van der Waals surface area contributed by atoms with E-state index in [1.165, 1.54) is 11.3 Å². The van der Waals surface area contributed by atoms with E-state index in [4.69, 9.17) is 5.73 Å². The third kappa shape index (κ3) is 3.38. The topological polar surface area (TPSA) is 84.2 Å². The molecule has 4 N–H and O–H groups in total. The summed E-state index contributed by atoms with van der Waals surface area (Å²) in [6.45, 7) is 2.39. The molecule has 0 spiro atoms. The number of hydrogen-bond acceptors (Lipinski definition) is 3. The molecule has 0 saturated carbocycles. The molecule has 0 aliphatic carbocycles. The highest BCUT2D eigenvalue weighted by molar-refractivity contribution is 7.21. The first kappa shape index (κ1) is 16.0. The van der Waals surface area contributed by atoms with Gasteiger partial charge in [-0.15, -0.1) is 11.3 Å². The largest absolute Gasteiger partial charge is 0.351 e. The lowest BCUT2D eigenvalue weighted by atomic mass is 10.1. The van der Waals surface area contributed by atoms with Gasteiger partial charge in [0, 0.05) is 16.9 Å². The number of amides is 3. The Morgan fingerprint density at radius 1 is 1.08 bits per heavy atom. The normalized spacial score (nSPS) is 10.5. The predicted molar refractivity (Wildman–Crippen MR) is 97.4 cm³/mol. The van der Waals surface area contributed by atoms with Crippen LogP contribution < -0.4 is 16.4 Å². The number of thiophene rings is 1. The summed E-state index contributed by atoms with van der Waals surface area (Å²) >= 11 is 1.50. The summed E-state index contributed by atoms with van der Waals surface area (Å²) in [7, 11) is 0. The standard InChI is InChI=1S/C18H17N3O2S/c1-11-14-4-2-3-5-15(14)24-16(11)17(22)20-10-12-6-8-13(9-7-12)21-18(19)23/h2-9H,10H2,1H3,(H,20,22)(H3,19,21,23). The lowest BCUT2D eigenvalue weighted by molar-refractivity contribution is 0.0954. The number of carbonyl (C=O) groups excluding carboxylic acids is 2. The highest BCUT2D eigenvalue weighted by Gasteiger charge is 2.14. The van der Waals surface area contributed by atoms with Crippen LogP contribution in [-0.2, 0) is 6.54 Å². The Bertz CT molecular complexity index is 900. The molecule has 2 aromatic carbocycles. The van der Waals surface area contributed by atoms with Crippen molar-refractivity contribution >= 4 is 39.0 Å². The second kappa shape index (κ2) is 6.72. The SMILES string of the molecule is Cc1c(C(=O)NCc2ccc(NC(N)=O)cc2)sc2ccccc12. The Morgan fingerprint density at radius 3 is 2.46 bits per heavy atom. The maximum absolute atomic E-state index is 12.4. The fraction of sp³-hybridized carbons (Fsp3) is 0.111. The lowest BCUT2D eigenvalue weighted by Crippen LogP contribution is -2.22. The van der Waals surface area contributed by atoms with Crippen molar-refractivity contribution in [3.63, 3.8) is 0 Å². The van der Waals surface area contributed by atoms with Crippen LogP contribution in [0.15, 0.2) is 48.5 Å². The van der Waals surface area contributed by atoms with Gasteiger partial charge in [-0.1, -0.05) is 30.3 Å². The molecule has 0 saturated heterocycles. The van der Waals surface area contributed by atoms with E-state index in [2.05, 4.69) is 10.6 Å². The minimum atomic E-state index is -0.601. The maximum Gasteiger partial charge on any atom is 0.316 e. The molecule has 0 unspecified atom stereocenters. The van der Waals surface area contributed by atoms with Gasteiger partial charge in [-0.05, 0) is 41.6 Å². The van der Waals surface area contributed by atoms with Crippen LogP contribution in [0, 0.1) is 6.92 Å². The number of hydrogen-bond donors (Lipinski definition) is 3. The third-order valence-corrected chi connectivity index (χ3v) is 5.00. The summed E-state index contributed by atoms with van der Waals surface area (Å²) in [5.41, 5.74) is 7.64. The van der Waals surface area contributed by atoms with Crippen molar-refractivity contribution in [1.82, 2.24) is 5.32 Å². The quantitative estimate of drug-likeness (QED) is 0.678. The molecule has 0 aliphatic rings. The summed E-state index contributed by atoms with van der Waals surface area (Å²) in [5, 5.41) is 6.55. The lowest BCUT2D eigenvalue weighted by Gasteiger charge is -2.06. The average Bonchev–Trinajstić information content (AvgIpc) is 2.91. The number of urea groups is 1. The first-order valence-electron chi connectivity index (χ1n) is 7.46. The second-order valence-corrected chi connectivity index (χ2v) is 6.47. The third-order valence-electron chi connectivity index (χ3n) is 3.72. The molecule has 0 atom stereocenters. The fourth-order valence-corrected chi connectivity index (χ4v) is 3.63. The van der Waals surface area contributed by atoms with E-state index in [9.17, 15) is 9.59 Å². The molecular formula is C18H17N3O2S. The van der Waals surface area contributed by atoms with Crippen LogP contribution >= 0.6 is 11.3 Å². The minimum absolute atomic E-state index is 0.0759. The highest BCUT2D eigenvalue weighted by Crippen LogP contribution is 2.30. The number of fused-ring (bicyclic) bond motifs is 1. The van der Waals surface area contributed by atoms with Crippen LogP contribution in [0.25, 0.3) is 10.1 Å². The average molecular weight is 339 g/mol. The Kier molecular flexibility index (Phi) is 4.48. The zero-order valence-electron chi connectivity index (χ0n) is 13.1. The molecular weight excluding hydrogens is 322 g/mol. The van der Waals surface area contributed by atoms with Gasteiger partial charge in [0.25, 0.3) is 5.91 Å². The molecule has 0 radical (unpaired) electrons. The number of anilines is 1. The molecule has 1 heterocycles. The van der Waals surface area contributed by atoms with Crippen LogP contribution in [0.3, 0.4) is 0 Å². The molecule has 3 rings (SSSR count). The molecule has 1 aromatic heterocycles. The predicted octanol–water partition coefficient (Wildman–Crippen LogP) is 3.63. The van der Waals surface area contributed by atoms with Gasteiger partial charge in [0.15, 0.2) is 0 Å². The van der Waals surface area contributed by atoms with Crippen molar-refractivity contribution in [2.45, 2.75) is 13.5 Å². The fourth-order valence-electron chi connectivity index (χ4n) is 2.50. The Labute approximate surface area is 143 Å². The summed E-state index contributed by atoms with van der Waals surface area (Å²) in [4.78, 5) is 24.0. The van der Waals surface area contributed by atoms with E-state index < -0.39 is 6.03 Å². The van der Waals surface area contributed by atoms with Crippen molar-refractivity contribution in [1.29, 1.82) is 0 Å². The molecule has 0 aliphatic heterocycles. The first-order valence-corrected chi connectivity index (χ1v) is 8.28. The smallest absolute Gasteiger partial charge is 0.316 e. The Balaban J connectivity index is 1.68. The van der Waals surface area contributed by atoms with Crippen LogP contribution in [0.4, 0.5) is 10.5 Å². The zero-order chi connectivity index (χ0) is 17.1. The summed E-state index contributed by atoms with van der Waals surface area (Å²) in [5.74, 6) is -0.0759. The van der Waals surface area contributed by atoms with Crippen molar-refractivity contribution in [2.24, 2.45) is 5.73 Å². The number of carbonyl (C=O) groups is 2. The van der Waals surface area contributed by atoms with E-state index in [-0.39, 0.29) is 5.91 Å². The Hall–Kier alpha value is -2.86. The number of rotatable bonds is 4. The molecule has 122 valence electrons. The summed E-state index contributed by atoms with van der Waals surface area (Å²) in [6.07, 6.45) is 0. The second-order valence-electron chi connectivity index (χ2n) is 5.42. The number of nitrogens with two attached hydrogens (primary N) is 1. The minimum Gasteiger partial charge on any atom is -0.351 e. The number of aryl methyl sites for hydroxylation is 1. The molecule has 3 amide bonds. The maximum atomic E-state index is 12.4. The van der Waals surface area contributed by atoms with E-state index in [1.54, 1.807) is 12.1 Å². The molecule has 24 heavy (non-hydrogen) atoms. The van der Waals surface area contributed by atoms with Gasteiger partial charge in [-0.25, -0.2) is 4.79 Å².